The third kappa shape index (κ3) is 2.87. The van der Waals surface area contributed by atoms with Crippen molar-refractivity contribution >= 4 is 34.3 Å². The lowest BCUT2D eigenvalue weighted by Gasteiger charge is -2.42. The van der Waals surface area contributed by atoms with Crippen molar-refractivity contribution in [1.82, 2.24) is 19.8 Å². The number of amides is 1. The van der Waals surface area contributed by atoms with Crippen LogP contribution in [0.5, 0.6) is 0 Å². The molecule has 0 radical (unpaired) electrons. The fourth-order valence-electron chi connectivity index (χ4n) is 5.28. The van der Waals surface area contributed by atoms with Crippen LogP contribution in [0.1, 0.15) is 44.5 Å². The number of thiophene rings is 1. The molecular weight excluding hydrogens is 460 g/mol. The number of nitrogens with zero attached hydrogens (tertiary/aromatic N) is 4. The van der Waals surface area contributed by atoms with Gasteiger partial charge in [-0.1, -0.05) is 43.8 Å². The molecule has 1 saturated heterocycles. The summed E-state index contributed by atoms with van der Waals surface area (Å²) in [4.78, 5) is 29.3. The number of aryl methyl sites for hydroxylation is 2. The van der Waals surface area contributed by atoms with Gasteiger partial charge >= 0.3 is 0 Å². The van der Waals surface area contributed by atoms with Crippen molar-refractivity contribution in [3.63, 3.8) is 0 Å². The third-order valence-corrected chi connectivity index (χ3v) is 9.13. The molecule has 34 heavy (non-hydrogen) atoms. The first-order chi connectivity index (χ1) is 16.6. The predicted molar refractivity (Wildman–Crippen MR) is 138 cm³/mol. The van der Waals surface area contributed by atoms with E-state index in [9.17, 15) is 4.79 Å². The molecule has 1 atom stereocenters. The second-order valence-corrected chi connectivity index (χ2v) is 10.6. The minimum Gasteiger partial charge on any atom is -0.338 e. The lowest BCUT2D eigenvalue weighted by atomic mass is 9.90. The zero-order valence-electron chi connectivity index (χ0n) is 19.1. The first kappa shape index (κ1) is 21.3. The highest BCUT2D eigenvalue weighted by Crippen LogP contribution is 2.52. The van der Waals surface area contributed by atoms with Crippen LogP contribution in [0.2, 0.25) is 0 Å². The third-order valence-electron chi connectivity index (χ3n) is 6.88. The van der Waals surface area contributed by atoms with E-state index in [1.54, 1.807) is 28.9 Å². The van der Waals surface area contributed by atoms with E-state index in [1.807, 2.05) is 30.2 Å². The van der Waals surface area contributed by atoms with Gasteiger partial charge in [-0.25, -0.2) is 4.98 Å². The molecule has 2 aliphatic heterocycles. The molecule has 0 aliphatic carbocycles. The molecule has 1 fully saturated rings. The lowest BCUT2D eigenvalue weighted by molar-refractivity contribution is 0.0587. The van der Waals surface area contributed by atoms with Crippen molar-refractivity contribution in [3.8, 4) is 9.88 Å². The maximum absolute atomic E-state index is 13.5. The van der Waals surface area contributed by atoms with E-state index >= 15 is 0 Å². The van der Waals surface area contributed by atoms with Gasteiger partial charge in [-0.2, -0.15) is 0 Å². The van der Waals surface area contributed by atoms with Gasteiger partial charge in [-0.3, -0.25) is 9.78 Å². The Morgan fingerprint density at radius 1 is 1.18 bits per heavy atom. The van der Waals surface area contributed by atoms with Crippen molar-refractivity contribution in [1.29, 1.82) is 0 Å². The molecule has 5 nitrogen and oxygen atoms in total. The van der Waals surface area contributed by atoms with Gasteiger partial charge in [-0.05, 0) is 36.4 Å². The van der Waals surface area contributed by atoms with E-state index in [1.165, 1.54) is 5.56 Å². The fourth-order valence-corrected chi connectivity index (χ4v) is 7.12. The standard InChI is InChI=1S/C27H24N4OS2/c1-4-19-7-9-20(10-8-19)27-22-16-28-12-11-21(22)26(32)31(27)14-13-30(27)18(3)24-17(2)29-25(34-24)23-6-5-15-33-23/h5-12,15-16H,3-4,13-14H2,1-2H3. The van der Waals surface area contributed by atoms with Crippen molar-refractivity contribution in [2.24, 2.45) is 0 Å². The van der Waals surface area contributed by atoms with Gasteiger partial charge in [-0.15, -0.1) is 22.7 Å². The topological polar surface area (TPSA) is 49.3 Å². The van der Waals surface area contributed by atoms with Gasteiger partial charge in [0.2, 0.25) is 0 Å². The summed E-state index contributed by atoms with van der Waals surface area (Å²) < 4.78 is 0. The van der Waals surface area contributed by atoms with E-state index < -0.39 is 5.66 Å². The molecule has 1 amide bonds. The van der Waals surface area contributed by atoms with Crippen LogP contribution in [0.3, 0.4) is 0 Å². The zero-order valence-corrected chi connectivity index (χ0v) is 20.7. The van der Waals surface area contributed by atoms with Gasteiger partial charge in [0.25, 0.3) is 5.91 Å². The highest BCUT2D eigenvalue weighted by molar-refractivity contribution is 7.21. The Labute approximate surface area is 207 Å². The highest BCUT2D eigenvalue weighted by Gasteiger charge is 2.59. The Kier molecular flexibility index (Phi) is 4.93. The normalized spacial score (nSPS) is 18.9. The number of fused-ring (bicyclic) bond motifs is 3. The Bertz CT molecular complexity index is 1410. The Hall–Kier alpha value is -3.29. The van der Waals surface area contributed by atoms with Crippen LogP contribution in [0.4, 0.5) is 0 Å². The van der Waals surface area contributed by atoms with Gasteiger partial charge in [0.05, 0.1) is 26.7 Å². The number of hydrogen-bond donors (Lipinski definition) is 0. The number of thiazole rings is 1. The van der Waals surface area contributed by atoms with Crippen LogP contribution >= 0.6 is 22.7 Å². The average Bonchev–Trinajstić information content (AvgIpc) is 3.64. The zero-order chi connectivity index (χ0) is 23.4. The molecule has 0 N–H and O–H groups in total. The molecule has 0 saturated carbocycles. The summed E-state index contributed by atoms with van der Waals surface area (Å²) >= 11 is 3.36. The second-order valence-electron chi connectivity index (χ2n) is 8.61. The van der Waals surface area contributed by atoms with Crippen LogP contribution in [-0.4, -0.2) is 38.8 Å². The number of carbonyl (C=O) groups is 1. The molecule has 2 aliphatic rings. The molecule has 7 heteroatoms. The van der Waals surface area contributed by atoms with Gasteiger partial charge < -0.3 is 9.80 Å². The summed E-state index contributed by atoms with van der Waals surface area (Å²) in [5.74, 6) is 0.0487. The van der Waals surface area contributed by atoms with Crippen LogP contribution in [-0.2, 0) is 12.1 Å². The number of carbonyl (C=O) groups excluding carboxylic acids is 1. The lowest BCUT2D eigenvalue weighted by Crippen LogP contribution is -2.48. The molecule has 1 aromatic carbocycles. The predicted octanol–water partition coefficient (Wildman–Crippen LogP) is 5.78. The molecule has 5 heterocycles. The summed E-state index contributed by atoms with van der Waals surface area (Å²) in [6, 6.07) is 14.6. The SMILES string of the molecule is C=C(c1sc(-c2cccs2)nc1C)N1CCN2C(=O)c3ccncc3C12c1ccc(CC)cc1. The first-order valence-electron chi connectivity index (χ1n) is 11.4. The number of rotatable bonds is 5. The summed E-state index contributed by atoms with van der Waals surface area (Å²) in [5, 5.41) is 3.08. The Balaban J connectivity index is 1.52. The van der Waals surface area contributed by atoms with Gasteiger partial charge in [0.1, 0.15) is 5.01 Å². The van der Waals surface area contributed by atoms with E-state index in [2.05, 4.69) is 59.1 Å². The molecular formula is C27H24N4OS2. The number of hydrogen-bond acceptors (Lipinski definition) is 6. The maximum atomic E-state index is 13.5. The van der Waals surface area contributed by atoms with Crippen LogP contribution < -0.4 is 0 Å². The van der Waals surface area contributed by atoms with Crippen LogP contribution in [0.25, 0.3) is 15.6 Å². The van der Waals surface area contributed by atoms with Gasteiger partial charge in [0.15, 0.2) is 5.66 Å². The molecule has 170 valence electrons. The monoisotopic (exact) mass is 484 g/mol. The van der Waals surface area contributed by atoms with E-state index in [0.717, 1.165) is 43.7 Å². The number of aromatic nitrogens is 2. The Morgan fingerprint density at radius 3 is 2.74 bits per heavy atom. The molecule has 0 bridgehead atoms. The maximum Gasteiger partial charge on any atom is 0.256 e. The van der Waals surface area contributed by atoms with E-state index in [4.69, 9.17) is 4.98 Å². The molecule has 4 aromatic rings. The van der Waals surface area contributed by atoms with Gasteiger partial charge in [0, 0.05) is 36.6 Å². The highest BCUT2D eigenvalue weighted by atomic mass is 32.1. The molecule has 3 aromatic heterocycles. The summed E-state index contributed by atoms with van der Waals surface area (Å²) in [6.07, 6.45) is 4.52. The fraction of sp³-hybridized carbons (Fsp3) is 0.222. The quantitative estimate of drug-likeness (QED) is 0.360. The number of benzene rings is 1. The second kappa shape index (κ2) is 7.89. The van der Waals surface area contributed by atoms with E-state index in [0.29, 0.717) is 18.7 Å². The van der Waals surface area contributed by atoms with Crippen molar-refractivity contribution in [3.05, 3.63) is 99.6 Å². The largest absolute Gasteiger partial charge is 0.338 e. The van der Waals surface area contributed by atoms with E-state index in [-0.39, 0.29) is 5.91 Å². The minimum atomic E-state index is -0.760. The molecule has 1 unspecified atom stereocenters. The summed E-state index contributed by atoms with van der Waals surface area (Å²) in [5.41, 5.74) is 5.06. The van der Waals surface area contributed by atoms with Crippen molar-refractivity contribution < 1.29 is 4.79 Å². The average molecular weight is 485 g/mol. The number of pyridine rings is 1. The van der Waals surface area contributed by atoms with Crippen LogP contribution in [0, 0.1) is 6.92 Å². The molecule has 0 spiro atoms. The Morgan fingerprint density at radius 2 is 2.00 bits per heavy atom. The minimum absolute atomic E-state index is 0.0487. The van der Waals surface area contributed by atoms with Crippen LogP contribution in [0.15, 0.2) is 66.8 Å². The van der Waals surface area contributed by atoms with Crippen molar-refractivity contribution in [2.45, 2.75) is 25.9 Å². The summed E-state index contributed by atoms with van der Waals surface area (Å²) in [7, 11) is 0. The van der Waals surface area contributed by atoms with Crippen molar-refractivity contribution in [2.75, 3.05) is 13.1 Å². The smallest absolute Gasteiger partial charge is 0.256 e. The first-order valence-corrected chi connectivity index (χ1v) is 13.1. The summed E-state index contributed by atoms with van der Waals surface area (Å²) in [6.45, 7) is 10.1. The molecule has 6 rings (SSSR count).